The fourth-order valence-corrected chi connectivity index (χ4v) is 9.43. The Morgan fingerprint density at radius 3 is 0.763 bits per heavy atom. The molecular formula is C27H55N3O7Si. The third-order valence-corrected chi connectivity index (χ3v) is 10.6. The van der Waals surface area contributed by atoms with Gasteiger partial charge in [-0.05, 0) is 122 Å². The lowest BCUT2D eigenvalue weighted by atomic mass is 9.80. The third kappa shape index (κ3) is 6.65. The van der Waals surface area contributed by atoms with Crippen LogP contribution in [0.5, 0.6) is 0 Å². The SMILES string of the molecule is CC1(C)CC(O[Si](O)(OC2CC(C)(C)N(O)C(C)(C)C2)OC2CC(C)(C)N(O)C(C)(C)C2)CC(C)(C)N1O. The van der Waals surface area contributed by atoms with Crippen molar-refractivity contribution >= 4 is 9.05 Å². The molecule has 0 radical (unpaired) electrons. The standard InChI is InChI=1S/C27H55N3O7Si/c1-22(2)13-19(14-23(3,4)28(22)31)35-38(34,36-20-15-24(5,6)29(32)25(7,8)16-20)37-21-17-26(9,10)30(33)27(11,12)18-21/h19-21,31-34H,13-18H2,1-12H3. The molecule has 0 aliphatic carbocycles. The highest BCUT2D eigenvalue weighted by atomic mass is 28.4. The molecule has 0 atom stereocenters. The molecule has 3 rings (SSSR count). The Balaban J connectivity index is 1.91. The molecule has 3 heterocycles. The predicted molar refractivity (Wildman–Crippen MR) is 146 cm³/mol. The van der Waals surface area contributed by atoms with Crippen LogP contribution in [0.2, 0.25) is 0 Å². The molecule has 0 spiro atoms. The topological polar surface area (TPSA) is 118 Å². The molecule has 224 valence electrons. The maximum absolute atomic E-state index is 12.1. The van der Waals surface area contributed by atoms with Crippen molar-refractivity contribution in [1.82, 2.24) is 15.2 Å². The second-order valence-electron chi connectivity index (χ2n) is 15.8. The van der Waals surface area contributed by atoms with Crippen LogP contribution in [-0.4, -0.2) is 96.2 Å². The Bertz CT molecular complexity index is 702. The predicted octanol–water partition coefficient (Wildman–Crippen LogP) is 4.70. The van der Waals surface area contributed by atoms with E-state index in [4.69, 9.17) is 13.3 Å². The highest BCUT2D eigenvalue weighted by molar-refractivity contribution is 6.52. The molecule has 0 unspecified atom stereocenters. The monoisotopic (exact) mass is 561 g/mol. The number of hydroxylamine groups is 6. The van der Waals surface area contributed by atoms with Crippen molar-refractivity contribution in [2.75, 3.05) is 0 Å². The first kappa shape index (κ1) is 32.3. The zero-order valence-corrected chi connectivity index (χ0v) is 26.8. The molecular weight excluding hydrogens is 506 g/mol. The molecule has 3 aliphatic rings. The summed E-state index contributed by atoms with van der Waals surface area (Å²) in [5, 5.41) is 36.5. The van der Waals surface area contributed by atoms with E-state index in [1.54, 1.807) is 0 Å². The second kappa shape index (κ2) is 9.97. The summed E-state index contributed by atoms with van der Waals surface area (Å²) in [5.74, 6) is 0. The van der Waals surface area contributed by atoms with E-state index >= 15 is 0 Å². The summed E-state index contributed by atoms with van der Waals surface area (Å²) in [4.78, 5) is 12.1. The maximum atomic E-state index is 12.1. The highest BCUT2D eigenvalue weighted by Gasteiger charge is 2.57. The summed E-state index contributed by atoms with van der Waals surface area (Å²) in [6, 6.07) is 0. The fraction of sp³-hybridized carbons (Fsp3) is 1.00. The summed E-state index contributed by atoms with van der Waals surface area (Å²) in [7, 11) is -4.25. The number of hydrogen-bond acceptors (Lipinski definition) is 10. The van der Waals surface area contributed by atoms with Crippen LogP contribution >= 0.6 is 0 Å². The van der Waals surface area contributed by atoms with E-state index in [0.717, 1.165) is 0 Å². The van der Waals surface area contributed by atoms with Crippen molar-refractivity contribution in [1.29, 1.82) is 0 Å². The van der Waals surface area contributed by atoms with Gasteiger partial charge in [0.15, 0.2) is 0 Å². The number of rotatable bonds is 6. The molecule has 3 fully saturated rings. The maximum Gasteiger partial charge on any atom is 0.677 e. The lowest BCUT2D eigenvalue weighted by Gasteiger charge is -2.54. The normalized spacial score (nSPS) is 30.9. The molecule has 3 aliphatic heterocycles. The summed E-state index contributed by atoms with van der Waals surface area (Å²) in [6.07, 6.45) is 1.79. The fourth-order valence-electron chi connectivity index (χ4n) is 7.50. The molecule has 0 saturated carbocycles. The average Bonchev–Trinajstić information content (AvgIpc) is 2.66. The number of nitrogens with zero attached hydrogens (tertiary/aromatic N) is 3. The summed E-state index contributed by atoms with van der Waals surface area (Å²) in [5.41, 5.74) is -3.42. The van der Waals surface area contributed by atoms with Crippen molar-refractivity contribution in [3.8, 4) is 0 Å². The largest absolute Gasteiger partial charge is 0.677 e. The molecule has 3 saturated heterocycles. The van der Waals surface area contributed by atoms with E-state index in [1.165, 1.54) is 15.2 Å². The van der Waals surface area contributed by atoms with Gasteiger partial charge in [-0.15, -0.1) is 0 Å². The Morgan fingerprint density at radius 2 is 0.605 bits per heavy atom. The van der Waals surface area contributed by atoms with Gasteiger partial charge in [0.25, 0.3) is 0 Å². The first-order valence-corrected chi connectivity index (χ1v) is 15.7. The van der Waals surface area contributed by atoms with Gasteiger partial charge in [-0.2, -0.15) is 15.2 Å². The van der Waals surface area contributed by atoms with Gasteiger partial charge < -0.3 is 33.7 Å². The molecule has 10 nitrogen and oxygen atoms in total. The van der Waals surface area contributed by atoms with Gasteiger partial charge in [0.05, 0.1) is 18.3 Å². The van der Waals surface area contributed by atoms with Crippen LogP contribution in [-0.2, 0) is 13.3 Å². The minimum absolute atomic E-state index is 0.391. The minimum atomic E-state index is -4.25. The first-order chi connectivity index (χ1) is 16.8. The first-order valence-electron chi connectivity index (χ1n) is 14.1. The van der Waals surface area contributed by atoms with Crippen molar-refractivity contribution in [2.45, 2.75) is 173 Å². The van der Waals surface area contributed by atoms with E-state index in [1.807, 2.05) is 83.1 Å². The lowest BCUT2D eigenvalue weighted by molar-refractivity contribution is -0.273. The van der Waals surface area contributed by atoms with Gasteiger partial charge in [0.2, 0.25) is 0 Å². The molecule has 0 aromatic heterocycles. The zero-order valence-electron chi connectivity index (χ0n) is 25.8. The lowest BCUT2D eigenvalue weighted by Crippen LogP contribution is -2.66. The second-order valence-corrected chi connectivity index (χ2v) is 17.5. The van der Waals surface area contributed by atoms with Crippen LogP contribution in [0.4, 0.5) is 0 Å². The molecule has 4 N–H and O–H groups in total. The van der Waals surface area contributed by atoms with Gasteiger partial charge in [0.1, 0.15) is 0 Å². The molecule has 11 heteroatoms. The van der Waals surface area contributed by atoms with E-state index in [0.29, 0.717) is 38.5 Å². The third-order valence-electron chi connectivity index (χ3n) is 8.75. The van der Waals surface area contributed by atoms with Gasteiger partial charge in [-0.3, -0.25) is 0 Å². The summed E-state index contributed by atoms with van der Waals surface area (Å²) < 4.78 is 19.5. The molecule has 0 amide bonds. The van der Waals surface area contributed by atoms with Crippen LogP contribution in [0.1, 0.15) is 122 Å². The van der Waals surface area contributed by atoms with Crippen molar-refractivity contribution in [2.24, 2.45) is 0 Å². The van der Waals surface area contributed by atoms with Gasteiger partial charge in [0, 0.05) is 33.2 Å². The van der Waals surface area contributed by atoms with Crippen LogP contribution in [0.3, 0.4) is 0 Å². The van der Waals surface area contributed by atoms with Crippen LogP contribution < -0.4 is 0 Å². The summed E-state index contributed by atoms with van der Waals surface area (Å²) >= 11 is 0. The molecule has 0 bridgehead atoms. The molecule has 0 aromatic rings. The Kier molecular flexibility index (Phi) is 8.49. The number of piperidine rings is 3. The Labute approximate surface area is 231 Å². The smallest absolute Gasteiger partial charge is 0.367 e. The average molecular weight is 562 g/mol. The van der Waals surface area contributed by atoms with Gasteiger partial charge in [-0.25, -0.2) is 0 Å². The van der Waals surface area contributed by atoms with E-state index < -0.39 is 60.6 Å². The van der Waals surface area contributed by atoms with Gasteiger partial charge in [-0.1, -0.05) is 0 Å². The van der Waals surface area contributed by atoms with Crippen LogP contribution in [0.25, 0.3) is 0 Å². The quantitative estimate of drug-likeness (QED) is 0.340. The van der Waals surface area contributed by atoms with E-state index in [9.17, 15) is 20.4 Å². The Morgan fingerprint density at radius 1 is 0.447 bits per heavy atom. The van der Waals surface area contributed by atoms with Crippen LogP contribution in [0.15, 0.2) is 0 Å². The van der Waals surface area contributed by atoms with Crippen LogP contribution in [0, 0.1) is 0 Å². The van der Waals surface area contributed by atoms with E-state index in [2.05, 4.69) is 0 Å². The van der Waals surface area contributed by atoms with Gasteiger partial charge >= 0.3 is 9.05 Å². The molecule has 0 aromatic carbocycles. The van der Waals surface area contributed by atoms with Crippen molar-refractivity contribution < 1.29 is 33.7 Å². The van der Waals surface area contributed by atoms with E-state index in [-0.39, 0.29) is 0 Å². The number of hydrogen-bond donors (Lipinski definition) is 4. The van der Waals surface area contributed by atoms with Crippen molar-refractivity contribution in [3.05, 3.63) is 0 Å². The Hall–Kier alpha value is -0.183. The molecule has 38 heavy (non-hydrogen) atoms. The zero-order chi connectivity index (χ0) is 29.3. The summed E-state index contributed by atoms with van der Waals surface area (Å²) in [6.45, 7) is 23.5. The minimum Gasteiger partial charge on any atom is -0.367 e. The van der Waals surface area contributed by atoms with Crippen molar-refractivity contribution in [3.63, 3.8) is 0 Å². The highest BCUT2D eigenvalue weighted by Crippen LogP contribution is 2.43.